The van der Waals surface area contributed by atoms with Crippen molar-refractivity contribution in [3.63, 3.8) is 0 Å². The zero-order valence-corrected chi connectivity index (χ0v) is 20.6. The van der Waals surface area contributed by atoms with Crippen LogP contribution in [0.15, 0.2) is 0 Å². The van der Waals surface area contributed by atoms with E-state index in [9.17, 15) is 14.4 Å². The standard InChI is InChI=1S/C16H32O2.C9H16O6/c1-2-3-4-5-6-7-8-9-10-11-12-13-14-15-16(17)18;10-5-7(11)6-15-9(14)4-2-1-3-8(12)13/h2-15H2,1H3,(H,17,18);7,10-11H,1-6H2,(H,12,13). The fourth-order valence-corrected chi connectivity index (χ4v) is 3.15. The third-order valence-corrected chi connectivity index (χ3v) is 5.16. The fraction of sp³-hybridized carbons (Fsp3) is 0.880. The van der Waals surface area contributed by atoms with Crippen LogP contribution in [0.3, 0.4) is 0 Å². The second kappa shape index (κ2) is 26.6. The number of carboxylic acids is 2. The summed E-state index contributed by atoms with van der Waals surface area (Å²) in [6, 6.07) is 0. The number of aliphatic carboxylic acids is 2. The van der Waals surface area contributed by atoms with Crippen molar-refractivity contribution in [1.29, 1.82) is 0 Å². The summed E-state index contributed by atoms with van der Waals surface area (Å²) in [5, 5.41) is 34.1. The lowest BCUT2D eigenvalue weighted by Crippen LogP contribution is -2.21. The predicted octanol–water partition coefficient (Wildman–Crippen LogP) is 5.08. The summed E-state index contributed by atoms with van der Waals surface area (Å²) in [7, 11) is 0. The lowest BCUT2D eigenvalue weighted by atomic mass is 10.0. The molecule has 1 atom stereocenters. The maximum absolute atomic E-state index is 10.9. The highest BCUT2D eigenvalue weighted by molar-refractivity contribution is 5.69. The first-order valence-corrected chi connectivity index (χ1v) is 12.7. The first-order chi connectivity index (χ1) is 15.8. The Morgan fingerprint density at radius 3 is 1.39 bits per heavy atom. The average molecular weight is 477 g/mol. The molecule has 0 aromatic rings. The molecule has 1 unspecified atom stereocenters. The maximum atomic E-state index is 10.9. The maximum Gasteiger partial charge on any atom is 0.305 e. The van der Waals surface area contributed by atoms with Crippen LogP contribution in [0.2, 0.25) is 0 Å². The Balaban J connectivity index is 0. The zero-order valence-electron chi connectivity index (χ0n) is 20.6. The first kappa shape index (κ1) is 33.5. The minimum absolute atomic E-state index is 0.0343. The molecule has 33 heavy (non-hydrogen) atoms. The molecule has 0 radical (unpaired) electrons. The molecule has 0 bridgehead atoms. The number of aliphatic hydroxyl groups is 2. The van der Waals surface area contributed by atoms with Gasteiger partial charge in [0.25, 0.3) is 0 Å². The van der Waals surface area contributed by atoms with Gasteiger partial charge in [-0.25, -0.2) is 0 Å². The van der Waals surface area contributed by atoms with Gasteiger partial charge >= 0.3 is 17.9 Å². The van der Waals surface area contributed by atoms with Crippen LogP contribution in [0.1, 0.15) is 122 Å². The van der Waals surface area contributed by atoms with Gasteiger partial charge in [-0.3, -0.25) is 14.4 Å². The van der Waals surface area contributed by atoms with Crippen LogP contribution >= 0.6 is 0 Å². The van der Waals surface area contributed by atoms with Crippen molar-refractivity contribution in [2.24, 2.45) is 0 Å². The van der Waals surface area contributed by atoms with Gasteiger partial charge in [-0.2, -0.15) is 0 Å². The Hall–Kier alpha value is -1.67. The molecule has 8 heteroatoms. The van der Waals surface area contributed by atoms with E-state index in [1.807, 2.05) is 0 Å². The van der Waals surface area contributed by atoms with Crippen molar-refractivity contribution >= 4 is 17.9 Å². The number of carboxylic acid groups (broad SMARTS) is 2. The number of ether oxygens (including phenoxy) is 1. The minimum Gasteiger partial charge on any atom is -0.481 e. The Kier molecular flexibility index (Phi) is 27.0. The van der Waals surface area contributed by atoms with Gasteiger partial charge in [-0.05, 0) is 19.3 Å². The van der Waals surface area contributed by atoms with E-state index < -0.39 is 30.6 Å². The second-order valence-corrected chi connectivity index (χ2v) is 8.51. The van der Waals surface area contributed by atoms with Gasteiger partial charge in [-0.1, -0.05) is 84.0 Å². The third-order valence-electron chi connectivity index (χ3n) is 5.16. The van der Waals surface area contributed by atoms with Gasteiger partial charge in [0.2, 0.25) is 0 Å². The van der Waals surface area contributed by atoms with Gasteiger partial charge in [0.05, 0.1) is 6.61 Å². The van der Waals surface area contributed by atoms with Gasteiger partial charge in [0.15, 0.2) is 0 Å². The van der Waals surface area contributed by atoms with Crippen molar-refractivity contribution in [2.45, 2.75) is 129 Å². The van der Waals surface area contributed by atoms with Crippen LogP contribution in [0.25, 0.3) is 0 Å². The van der Waals surface area contributed by atoms with Crippen molar-refractivity contribution in [1.82, 2.24) is 0 Å². The summed E-state index contributed by atoms with van der Waals surface area (Å²) < 4.78 is 4.61. The van der Waals surface area contributed by atoms with Crippen LogP contribution in [-0.4, -0.2) is 57.7 Å². The van der Waals surface area contributed by atoms with Crippen LogP contribution in [0, 0.1) is 0 Å². The summed E-state index contributed by atoms with van der Waals surface area (Å²) in [6.07, 6.45) is 17.3. The highest BCUT2D eigenvalue weighted by Gasteiger charge is 2.07. The molecule has 0 spiro atoms. The van der Waals surface area contributed by atoms with Crippen LogP contribution in [0.4, 0.5) is 0 Å². The summed E-state index contributed by atoms with van der Waals surface area (Å²) in [4.78, 5) is 31.4. The van der Waals surface area contributed by atoms with Crippen molar-refractivity contribution in [3.8, 4) is 0 Å². The highest BCUT2D eigenvalue weighted by atomic mass is 16.5. The second-order valence-electron chi connectivity index (χ2n) is 8.51. The average Bonchev–Trinajstić information content (AvgIpc) is 2.78. The lowest BCUT2D eigenvalue weighted by molar-refractivity contribution is -0.147. The summed E-state index contributed by atoms with van der Waals surface area (Å²) >= 11 is 0. The minimum atomic E-state index is -1.05. The van der Waals surface area contributed by atoms with Gasteiger partial charge < -0.3 is 25.2 Å². The van der Waals surface area contributed by atoms with E-state index in [-0.39, 0.29) is 19.4 Å². The van der Waals surface area contributed by atoms with Crippen LogP contribution in [0.5, 0.6) is 0 Å². The van der Waals surface area contributed by atoms with Crippen molar-refractivity contribution in [3.05, 3.63) is 0 Å². The van der Waals surface area contributed by atoms with Crippen molar-refractivity contribution in [2.75, 3.05) is 13.2 Å². The molecular weight excluding hydrogens is 428 g/mol. The first-order valence-electron chi connectivity index (χ1n) is 12.7. The van der Waals surface area contributed by atoms with E-state index in [2.05, 4.69) is 11.7 Å². The molecule has 0 fully saturated rings. The summed E-state index contributed by atoms with van der Waals surface area (Å²) in [5.41, 5.74) is 0. The number of carbonyl (C=O) groups excluding carboxylic acids is 1. The number of rotatable bonds is 22. The molecular formula is C25H48O8. The molecule has 0 aliphatic rings. The number of carbonyl (C=O) groups is 3. The number of hydrogen-bond donors (Lipinski definition) is 4. The third kappa shape index (κ3) is 32.6. The van der Waals surface area contributed by atoms with E-state index >= 15 is 0 Å². The lowest BCUT2D eigenvalue weighted by Gasteiger charge is -2.07. The van der Waals surface area contributed by atoms with Crippen molar-refractivity contribution < 1.29 is 39.5 Å². The molecule has 0 aromatic heterocycles. The Morgan fingerprint density at radius 1 is 0.636 bits per heavy atom. The topological polar surface area (TPSA) is 141 Å². The van der Waals surface area contributed by atoms with Crippen LogP contribution in [-0.2, 0) is 19.1 Å². The number of hydrogen-bond acceptors (Lipinski definition) is 6. The zero-order chi connectivity index (χ0) is 25.2. The Labute approximate surface area is 199 Å². The van der Waals surface area contributed by atoms with Crippen LogP contribution < -0.4 is 0 Å². The molecule has 0 aliphatic carbocycles. The molecule has 0 saturated carbocycles. The van der Waals surface area contributed by atoms with Gasteiger partial charge in [0.1, 0.15) is 12.7 Å². The summed E-state index contributed by atoms with van der Waals surface area (Å²) in [6.45, 7) is 1.58. The number of aliphatic hydroxyl groups excluding tert-OH is 2. The molecule has 0 amide bonds. The number of unbranched alkanes of at least 4 members (excludes halogenated alkanes) is 13. The Bertz CT molecular complexity index is 467. The molecule has 0 saturated heterocycles. The predicted molar refractivity (Wildman–Crippen MR) is 128 cm³/mol. The van der Waals surface area contributed by atoms with E-state index in [1.165, 1.54) is 70.6 Å². The molecule has 0 heterocycles. The molecule has 0 aliphatic heterocycles. The van der Waals surface area contributed by atoms with E-state index in [4.69, 9.17) is 20.4 Å². The quantitative estimate of drug-likeness (QED) is 0.125. The molecule has 0 rings (SSSR count). The monoisotopic (exact) mass is 476 g/mol. The molecule has 196 valence electrons. The molecule has 8 nitrogen and oxygen atoms in total. The fourth-order valence-electron chi connectivity index (χ4n) is 3.15. The molecule has 0 aromatic carbocycles. The summed E-state index contributed by atoms with van der Waals surface area (Å²) in [5.74, 6) is -2.04. The normalized spacial score (nSPS) is 11.4. The largest absolute Gasteiger partial charge is 0.481 e. The molecule has 4 N–H and O–H groups in total. The van der Waals surface area contributed by atoms with Gasteiger partial charge in [0, 0.05) is 19.3 Å². The van der Waals surface area contributed by atoms with Gasteiger partial charge in [-0.15, -0.1) is 0 Å². The van der Waals surface area contributed by atoms with E-state index in [0.29, 0.717) is 19.3 Å². The highest BCUT2D eigenvalue weighted by Crippen LogP contribution is 2.12. The van der Waals surface area contributed by atoms with E-state index in [1.54, 1.807) is 0 Å². The number of esters is 1. The SMILES string of the molecule is CCCCCCCCCCCCCCCC(=O)O.O=C(O)CCCCC(=O)OCC(O)CO. The smallest absolute Gasteiger partial charge is 0.305 e. The Morgan fingerprint density at radius 2 is 1.00 bits per heavy atom. The van der Waals surface area contributed by atoms with E-state index in [0.717, 1.165) is 12.8 Å².